The van der Waals surface area contributed by atoms with Gasteiger partial charge in [-0.2, -0.15) is 0 Å². The fourth-order valence-corrected chi connectivity index (χ4v) is 14.1. The Morgan fingerprint density at radius 2 is 0.447 bits per heavy atom. The van der Waals surface area contributed by atoms with Gasteiger partial charge in [0, 0.05) is 0 Å². The first kappa shape index (κ1) is 79.6. The molecule has 0 N–H and O–H groups in total. The minimum absolute atomic E-state index is 0. The molecule has 0 saturated heterocycles. The van der Waals surface area contributed by atoms with E-state index in [0.717, 1.165) is 60.1 Å². The van der Waals surface area contributed by atoms with E-state index in [1.54, 1.807) is 12.1 Å². The summed E-state index contributed by atoms with van der Waals surface area (Å²) < 4.78 is 72.4. The van der Waals surface area contributed by atoms with Gasteiger partial charge in [-0.25, -0.2) is 16.8 Å². The van der Waals surface area contributed by atoms with Gasteiger partial charge in [0.2, 0.25) is 0 Å². The molecule has 0 aromatic heterocycles. The summed E-state index contributed by atoms with van der Waals surface area (Å²) in [6.07, 6.45) is 66.4. The number of aryl methyl sites for hydroxylation is 4. The molecule has 4 rings (SSSR count). The van der Waals surface area contributed by atoms with E-state index < -0.39 is 20.2 Å². The average molecular weight is 1240 g/mol. The van der Waals surface area contributed by atoms with E-state index in [1.807, 2.05) is 24.3 Å². The first-order valence-corrected chi connectivity index (χ1v) is 38.8. The first-order valence-electron chi connectivity index (χ1n) is 35.9. The fraction of sp³-hybridized carbons (Fsp3) is 0.737. The van der Waals surface area contributed by atoms with Crippen LogP contribution in [0.2, 0.25) is 0 Å². The Bertz CT molecular complexity index is 2300. The van der Waals surface area contributed by atoms with Gasteiger partial charge in [-0.05, 0) is 119 Å². The summed E-state index contributed by atoms with van der Waals surface area (Å²) in [6, 6.07) is 19.8. The molecule has 0 atom stereocenters. The zero-order chi connectivity index (χ0) is 60.6. The van der Waals surface area contributed by atoms with Crippen molar-refractivity contribution in [1.82, 2.24) is 0 Å². The number of fused-ring (bicyclic) bond motifs is 2. The Balaban J connectivity index is 0.000000573. The fourth-order valence-electron chi connectivity index (χ4n) is 12.6. The Hall–Kier alpha value is -1.52. The van der Waals surface area contributed by atoms with Crippen LogP contribution < -0.4 is 0 Å². The molecule has 0 fully saturated rings. The monoisotopic (exact) mass is 1240 g/mol. The molecule has 0 radical (unpaired) electrons. The number of hydrogen-bond acceptors (Lipinski definition) is 6. The summed E-state index contributed by atoms with van der Waals surface area (Å²) in [7, 11) is -8.97. The molecule has 0 heterocycles. The quantitative estimate of drug-likeness (QED) is 0.0247. The SMILES string of the molecule is CCCCCCCCCCCCCCc1ccc2cc(S(=O)(=O)[O-])c(CCCCCCCCCCCCCC)cc2c1.CCCCCCCCCCCCCCc1ccc2cc(S(=O)(=O)[O-])c(CCCCCCCCCCCCCC)cc2c1.[Ca+2]. The molecular weight excluding hydrogens is 1110 g/mol. The number of rotatable bonds is 54. The maximum atomic E-state index is 12.1. The normalized spacial score (nSPS) is 11.8. The maximum absolute atomic E-state index is 12.1. The molecule has 0 amide bonds. The standard InChI is InChI=1S/2C38H64O3S.Ca/c2*1-3-5-7-9-11-13-15-17-19-21-23-25-27-34-29-30-35-33-38(42(39,40)41)36(32-37(35)31-34)28-26-24-22-20-18-16-14-12-10-8-6-4-2;/h2*29-33H,3-28H2,1-2H3,(H,39,40,41);/q;;+2/p-2. The van der Waals surface area contributed by atoms with Crippen molar-refractivity contribution in [2.45, 2.75) is 371 Å². The van der Waals surface area contributed by atoms with Crippen LogP contribution in [0, 0.1) is 0 Å². The van der Waals surface area contributed by atoms with Gasteiger partial charge in [0.05, 0.1) is 9.79 Å². The van der Waals surface area contributed by atoms with Crippen molar-refractivity contribution < 1.29 is 25.9 Å². The van der Waals surface area contributed by atoms with E-state index in [9.17, 15) is 25.9 Å². The third-order valence-corrected chi connectivity index (χ3v) is 19.8. The van der Waals surface area contributed by atoms with Gasteiger partial charge in [-0.15, -0.1) is 0 Å². The van der Waals surface area contributed by atoms with Crippen molar-refractivity contribution >= 4 is 79.5 Å². The first-order chi connectivity index (χ1) is 40.9. The van der Waals surface area contributed by atoms with E-state index in [0.29, 0.717) is 24.0 Å². The van der Waals surface area contributed by atoms with Gasteiger partial charge >= 0.3 is 37.7 Å². The molecule has 4 aromatic carbocycles. The number of hydrogen-bond donors (Lipinski definition) is 0. The average Bonchev–Trinajstić information content (AvgIpc) is 3.45. The van der Waals surface area contributed by atoms with Crippen molar-refractivity contribution in [3.63, 3.8) is 0 Å². The smallest absolute Gasteiger partial charge is 0.744 e. The molecule has 0 saturated carbocycles. The molecule has 85 heavy (non-hydrogen) atoms. The summed E-state index contributed by atoms with van der Waals surface area (Å²) >= 11 is 0. The van der Waals surface area contributed by atoms with E-state index in [4.69, 9.17) is 0 Å². The van der Waals surface area contributed by atoms with Crippen LogP contribution in [0.25, 0.3) is 21.5 Å². The molecule has 480 valence electrons. The zero-order valence-corrected chi connectivity index (χ0v) is 59.4. The van der Waals surface area contributed by atoms with Gasteiger partial charge in [-0.1, -0.05) is 347 Å². The minimum atomic E-state index is -4.49. The molecule has 0 unspecified atom stereocenters. The van der Waals surface area contributed by atoms with Crippen molar-refractivity contribution in [1.29, 1.82) is 0 Å². The Morgan fingerprint density at radius 1 is 0.247 bits per heavy atom. The van der Waals surface area contributed by atoms with Crippen LogP contribution in [0.1, 0.15) is 358 Å². The second-order valence-electron chi connectivity index (χ2n) is 25.7. The Kier molecular flexibility index (Phi) is 48.8. The van der Waals surface area contributed by atoms with Crippen LogP contribution in [-0.4, -0.2) is 63.7 Å². The summed E-state index contributed by atoms with van der Waals surface area (Å²) in [4.78, 5) is -0.0430. The van der Waals surface area contributed by atoms with Crippen molar-refractivity contribution in [2.24, 2.45) is 0 Å². The number of benzene rings is 4. The second-order valence-corrected chi connectivity index (χ2v) is 28.4. The van der Waals surface area contributed by atoms with Crippen LogP contribution in [-0.2, 0) is 45.9 Å². The zero-order valence-electron chi connectivity index (χ0n) is 55.5. The Labute approximate surface area is 555 Å². The molecule has 0 aliphatic heterocycles. The van der Waals surface area contributed by atoms with Crippen LogP contribution in [0.3, 0.4) is 0 Å². The van der Waals surface area contributed by atoms with Gasteiger partial charge in [0.1, 0.15) is 20.2 Å². The molecule has 0 aliphatic carbocycles. The topological polar surface area (TPSA) is 114 Å². The molecule has 0 bridgehead atoms. The third kappa shape index (κ3) is 39.4. The Morgan fingerprint density at radius 3 is 0.659 bits per heavy atom. The second kappa shape index (κ2) is 52.1. The molecule has 0 aliphatic rings. The van der Waals surface area contributed by atoms with Crippen molar-refractivity contribution in [2.75, 3.05) is 0 Å². The van der Waals surface area contributed by atoms with Crippen LogP contribution in [0.4, 0.5) is 0 Å². The van der Waals surface area contributed by atoms with E-state index in [2.05, 4.69) is 52.0 Å². The van der Waals surface area contributed by atoms with E-state index >= 15 is 0 Å². The summed E-state index contributed by atoms with van der Waals surface area (Å²) in [5.41, 5.74) is 4.02. The number of unbranched alkanes of at least 4 members (excludes halogenated alkanes) is 44. The van der Waals surface area contributed by atoms with Crippen LogP contribution >= 0.6 is 0 Å². The van der Waals surface area contributed by atoms with Crippen molar-refractivity contribution in [3.8, 4) is 0 Å². The van der Waals surface area contributed by atoms with E-state index in [1.165, 1.54) is 294 Å². The predicted octanol–water partition coefficient (Wildman–Crippen LogP) is 24.1. The third-order valence-electron chi connectivity index (χ3n) is 17.9. The van der Waals surface area contributed by atoms with Gasteiger partial charge in [-0.3, -0.25) is 0 Å². The molecule has 6 nitrogen and oxygen atoms in total. The van der Waals surface area contributed by atoms with Crippen molar-refractivity contribution in [3.05, 3.63) is 82.9 Å². The largest absolute Gasteiger partial charge is 2.00 e. The molecule has 9 heteroatoms. The molecule has 4 aromatic rings. The van der Waals surface area contributed by atoms with Gasteiger partial charge < -0.3 is 9.11 Å². The van der Waals surface area contributed by atoms with Gasteiger partial charge in [0.25, 0.3) is 0 Å². The predicted molar refractivity (Wildman–Crippen MR) is 369 cm³/mol. The maximum Gasteiger partial charge on any atom is 2.00 e. The van der Waals surface area contributed by atoms with Gasteiger partial charge in [0.15, 0.2) is 0 Å². The summed E-state index contributed by atoms with van der Waals surface area (Å²) in [5, 5.41) is 3.82. The van der Waals surface area contributed by atoms with Crippen LogP contribution in [0.15, 0.2) is 70.5 Å². The molecular formula is C76H126CaO6S2. The summed E-state index contributed by atoms with van der Waals surface area (Å²) in [5.74, 6) is 0. The molecule has 0 spiro atoms. The minimum Gasteiger partial charge on any atom is -0.744 e. The summed E-state index contributed by atoms with van der Waals surface area (Å²) in [6.45, 7) is 9.07. The van der Waals surface area contributed by atoms with E-state index in [-0.39, 0.29) is 47.5 Å². The van der Waals surface area contributed by atoms with Crippen LogP contribution in [0.5, 0.6) is 0 Å².